The zero-order valence-corrected chi connectivity index (χ0v) is 24.1. The molecule has 3 aromatic rings. The maximum atomic E-state index is 8.25. The van der Waals surface area contributed by atoms with E-state index in [0.717, 1.165) is 16.7 Å². The van der Waals surface area contributed by atoms with E-state index in [1.54, 1.807) is 0 Å². The lowest BCUT2D eigenvalue weighted by atomic mass is 9.76. The fraction of sp³-hybridized carbons (Fsp3) is 0.387. The summed E-state index contributed by atoms with van der Waals surface area (Å²) in [6.07, 6.45) is -0.581. The van der Waals surface area contributed by atoms with Gasteiger partial charge in [0.25, 0.3) is 3.79 Å². The van der Waals surface area contributed by atoms with Crippen molar-refractivity contribution in [1.29, 1.82) is 5.41 Å². The van der Waals surface area contributed by atoms with Gasteiger partial charge in [0.1, 0.15) is 6.10 Å². The number of rotatable bonds is 11. The van der Waals surface area contributed by atoms with Gasteiger partial charge in [-0.1, -0.05) is 133 Å². The third-order valence-electron chi connectivity index (χ3n) is 6.94. The maximum Gasteiger partial charge on any atom is 0.265 e. The normalized spacial score (nSPS) is 23.3. The Balaban J connectivity index is 1.53. The van der Waals surface area contributed by atoms with E-state index < -0.39 is 21.9 Å². The van der Waals surface area contributed by atoms with Crippen molar-refractivity contribution in [2.24, 2.45) is 11.8 Å². The summed E-state index contributed by atoms with van der Waals surface area (Å²) in [7, 11) is 0. The van der Waals surface area contributed by atoms with Gasteiger partial charge in [-0.25, -0.2) is 0 Å². The van der Waals surface area contributed by atoms with Gasteiger partial charge in [0, 0.05) is 11.8 Å². The number of nitrogens with one attached hydrogen (secondary N) is 1. The van der Waals surface area contributed by atoms with Crippen molar-refractivity contribution >= 4 is 40.7 Å². The number of ether oxygens (including phenoxy) is 4. The molecule has 0 saturated heterocycles. The lowest BCUT2D eigenvalue weighted by Gasteiger charge is -2.45. The lowest BCUT2D eigenvalue weighted by Crippen LogP contribution is -2.53. The molecular formula is C31H34Cl3NO4. The summed E-state index contributed by atoms with van der Waals surface area (Å²) in [5.74, 6) is -0.549. The Morgan fingerprint density at radius 1 is 0.744 bits per heavy atom. The second-order valence-corrected chi connectivity index (χ2v) is 12.1. The highest BCUT2D eigenvalue weighted by Crippen LogP contribution is 2.39. The smallest absolute Gasteiger partial charge is 0.265 e. The lowest BCUT2D eigenvalue weighted by molar-refractivity contribution is -0.172. The van der Waals surface area contributed by atoms with E-state index >= 15 is 0 Å². The highest BCUT2D eigenvalue weighted by Gasteiger charge is 2.47. The van der Waals surface area contributed by atoms with Crippen LogP contribution in [0.3, 0.4) is 0 Å². The Labute approximate surface area is 245 Å². The third-order valence-corrected chi connectivity index (χ3v) is 7.46. The predicted molar refractivity (Wildman–Crippen MR) is 156 cm³/mol. The first-order chi connectivity index (χ1) is 18.8. The van der Waals surface area contributed by atoms with Gasteiger partial charge in [-0.2, -0.15) is 0 Å². The van der Waals surface area contributed by atoms with Crippen LogP contribution in [0.1, 0.15) is 30.0 Å². The van der Waals surface area contributed by atoms with E-state index in [1.165, 1.54) is 0 Å². The maximum absolute atomic E-state index is 8.25. The number of alkyl halides is 3. The Morgan fingerprint density at radius 2 is 1.21 bits per heavy atom. The Morgan fingerprint density at radius 3 is 1.69 bits per heavy atom. The highest BCUT2D eigenvalue weighted by atomic mass is 35.6. The highest BCUT2D eigenvalue weighted by molar-refractivity contribution is 6.76. The van der Waals surface area contributed by atoms with Gasteiger partial charge < -0.3 is 18.9 Å². The standard InChI is InChI=1S/C31H34Cl3NO4/c1-22-28(37-19-24-13-7-3-8-14-24)26(21-36-18-23-11-5-2-6-12-23)17-27(39-30(35)31(32,33)34)29(22)38-20-25-15-9-4-10-16-25/h2-16,22,26-29,35H,17-21H2,1H3/t22-,26?,27+,28+,29?/m0/s1. The minimum Gasteiger partial charge on any atom is -0.472 e. The summed E-state index contributed by atoms with van der Waals surface area (Å²) in [4.78, 5) is 0. The van der Waals surface area contributed by atoms with Gasteiger partial charge in [-0.15, -0.1) is 0 Å². The molecule has 1 fully saturated rings. The molecule has 1 aliphatic rings. The Bertz CT molecular complexity index is 1140. The van der Waals surface area contributed by atoms with Crippen LogP contribution in [0.2, 0.25) is 0 Å². The second kappa shape index (κ2) is 14.5. The first-order valence-corrected chi connectivity index (χ1v) is 14.2. The molecule has 39 heavy (non-hydrogen) atoms. The topological polar surface area (TPSA) is 60.8 Å². The van der Waals surface area contributed by atoms with Crippen LogP contribution in [0, 0.1) is 17.2 Å². The van der Waals surface area contributed by atoms with Crippen LogP contribution in [0.5, 0.6) is 0 Å². The molecule has 2 unspecified atom stereocenters. The van der Waals surface area contributed by atoms with E-state index in [-0.39, 0.29) is 17.9 Å². The summed E-state index contributed by atoms with van der Waals surface area (Å²) in [5.41, 5.74) is 3.22. The van der Waals surface area contributed by atoms with E-state index in [4.69, 9.17) is 59.2 Å². The van der Waals surface area contributed by atoms with Gasteiger partial charge in [0.2, 0.25) is 5.90 Å². The largest absolute Gasteiger partial charge is 0.472 e. The zero-order valence-electron chi connectivity index (χ0n) is 21.8. The number of hydrogen-bond donors (Lipinski definition) is 1. The van der Waals surface area contributed by atoms with Crippen molar-refractivity contribution in [3.63, 3.8) is 0 Å². The molecule has 5 atom stereocenters. The third kappa shape index (κ3) is 8.94. The molecule has 4 rings (SSSR count). The average molecular weight is 591 g/mol. The van der Waals surface area contributed by atoms with Gasteiger partial charge in [0.15, 0.2) is 0 Å². The summed E-state index contributed by atoms with van der Waals surface area (Å²) in [6, 6.07) is 30.1. The quantitative estimate of drug-likeness (QED) is 0.141. The molecule has 3 aromatic carbocycles. The van der Waals surface area contributed by atoms with E-state index in [2.05, 4.69) is 6.92 Å². The van der Waals surface area contributed by atoms with E-state index in [9.17, 15) is 0 Å². The second-order valence-electron chi connectivity index (χ2n) is 9.86. The zero-order chi connectivity index (χ0) is 27.7. The van der Waals surface area contributed by atoms with Crippen LogP contribution < -0.4 is 0 Å². The van der Waals surface area contributed by atoms with Crippen LogP contribution in [0.4, 0.5) is 0 Å². The van der Waals surface area contributed by atoms with Crippen molar-refractivity contribution in [2.45, 2.75) is 55.3 Å². The number of hydrogen-bond acceptors (Lipinski definition) is 5. The molecule has 5 nitrogen and oxygen atoms in total. The number of halogens is 3. The molecule has 1 N–H and O–H groups in total. The first-order valence-electron chi connectivity index (χ1n) is 13.1. The molecule has 8 heteroatoms. The molecule has 0 bridgehead atoms. The fourth-order valence-electron chi connectivity index (χ4n) is 5.00. The van der Waals surface area contributed by atoms with E-state index in [1.807, 2.05) is 91.0 Å². The Hall–Kier alpha value is -2.12. The van der Waals surface area contributed by atoms with Gasteiger partial charge in [-0.3, -0.25) is 5.41 Å². The van der Waals surface area contributed by atoms with Crippen molar-refractivity contribution in [3.8, 4) is 0 Å². The van der Waals surface area contributed by atoms with Crippen molar-refractivity contribution in [3.05, 3.63) is 108 Å². The molecular weight excluding hydrogens is 557 g/mol. The molecule has 0 amide bonds. The molecule has 0 spiro atoms. The summed E-state index contributed by atoms with van der Waals surface area (Å²) < 4.78 is 23.2. The van der Waals surface area contributed by atoms with Crippen molar-refractivity contribution < 1.29 is 18.9 Å². The summed E-state index contributed by atoms with van der Waals surface area (Å²) in [6.45, 7) is 3.87. The first kappa shape index (κ1) is 29.9. The van der Waals surface area contributed by atoms with Crippen LogP contribution in [-0.4, -0.2) is 34.6 Å². The van der Waals surface area contributed by atoms with Crippen LogP contribution in [-0.2, 0) is 38.8 Å². The molecule has 1 aliphatic carbocycles. The van der Waals surface area contributed by atoms with Gasteiger partial charge >= 0.3 is 0 Å². The monoisotopic (exact) mass is 589 g/mol. The van der Waals surface area contributed by atoms with Crippen molar-refractivity contribution in [2.75, 3.05) is 6.61 Å². The molecule has 1 saturated carbocycles. The van der Waals surface area contributed by atoms with E-state index in [0.29, 0.717) is 32.8 Å². The predicted octanol–water partition coefficient (Wildman–Crippen LogP) is 7.76. The SMILES string of the molecule is C[C@@H]1C(OCc2ccccc2)[C@H](OC(=N)C(Cl)(Cl)Cl)CC(COCc2ccccc2)[C@@H]1OCc1ccccc1. The minimum absolute atomic E-state index is 0.0304. The van der Waals surface area contributed by atoms with Crippen LogP contribution in [0.15, 0.2) is 91.0 Å². The molecule has 0 aromatic heterocycles. The molecule has 0 aliphatic heterocycles. The molecule has 208 valence electrons. The Kier molecular flexibility index (Phi) is 11.1. The average Bonchev–Trinajstić information content (AvgIpc) is 2.93. The summed E-state index contributed by atoms with van der Waals surface area (Å²) >= 11 is 18.0. The van der Waals surface area contributed by atoms with Crippen molar-refractivity contribution in [1.82, 2.24) is 0 Å². The minimum atomic E-state index is -1.97. The van der Waals surface area contributed by atoms with Gasteiger partial charge in [0.05, 0.1) is 38.6 Å². The fourth-order valence-corrected chi connectivity index (χ4v) is 5.13. The molecule has 0 heterocycles. The van der Waals surface area contributed by atoms with Crippen LogP contribution in [0.25, 0.3) is 0 Å². The van der Waals surface area contributed by atoms with Gasteiger partial charge in [-0.05, 0) is 23.1 Å². The number of benzene rings is 3. The molecule has 0 radical (unpaired) electrons. The van der Waals surface area contributed by atoms with Crippen LogP contribution >= 0.6 is 34.8 Å². The summed E-state index contributed by atoms with van der Waals surface area (Å²) in [5, 5.41) is 8.25.